The number of benzene rings is 2. The zero-order valence-corrected chi connectivity index (χ0v) is 15.0. The van der Waals surface area contributed by atoms with Crippen molar-refractivity contribution >= 4 is 17.6 Å². The zero-order valence-electron chi connectivity index (χ0n) is 15.0. The van der Waals surface area contributed by atoms with Gasteiger partial charge in [0, 0.05) is 29.2 Å². The summed E-state index contributed by atoms with van der Waals surface area (Å²) >= 11 is 0. The molecule has 138 valence electrons. The molecular weight excluding hydrogens is 354 g/mol. The maximum Gasteiger partial charge on any atom is 0.335 e. The standard InChI is InChI=1S/C21H17N5O2/c1-13-2-4-14(5-3-13)19-17(12-23-26-19)18-10-11-22-21(25-18)24-16-8-6-15(7-9-16)20(27)28/h2-12H,1H3,(H,23,26)(H,27,28)(H,22,24,25). The molecule has 2 aromatic heterocycles. The lowest BCUT2D eigenvalue weighted by molar-refractivity contribution is 0.0697. The van der Waals surface area contributed by atoms with Crippen LogP contribution < -0.4 is 5.32 Å². The van der Waals surface area contributed by atoms with Crippen molar-refractivity contribution < 1.29 is 9.90 Å². The van der Waals surface area contributed by atoms with Gasteiger partial charge in [0.05, 0.1) is 11.3 Å². The molecule has 28 heavy (non-hydrogen) atoms. The van der Waals surface area contributed by atoms with Gasteiger partial charge >= 0.3 is 5.97 Å². The van der Waals surface area contributed by atoms with Crippen LogP contribution in [0.4, 0.5) is 11.6 Å². The third-order valence-corrected chi connectivity index (χ3v) is 4.28. The van der Waals surface area contributed by atoms with Gasteiger partial charge in [-0.3, -0.25) is 5.10 Å². The number of carboxylic acids is 1. The van der Waals surface area contributed by atoms with Crippen molar-refractivity contribution in [3.05, 3.63) is 78.1 Å². The van der Waals surface area contributed by atoms with Crippen molar-refractivity contribution in [2.24, 2.45) is 0 Å². The first kappa shape index (κ1) is 17.4. The van der Waals surface area contributed by atoms with Crippen LogP contribution in [0.1, 0.15) is 15.9 Å². The van der Waals surface area contributed by atoms with Crippen molar-refractivity contribution in [2.75, 3.05) is 5.32 Å². The molecular formula is C21H17N5O2. The fourth-order valence-corrected chi connectivity index (χ4v) is 2.81. The number of rotatable bonds is 5. The molecule has 0 radical (unpaired) electrons. The minimum absolute atomic E-state index is 0.223. The Morgan fingerprint density at radius 2 is 1.79 bits per heavy atom. The van der Waals surface area contributed by atoms with Crippen LogP contribution >= 0.6 is 0 Å². The number of carboxylic acid groups (broad SMARTS) is 1. The highest BCUT2D eigenvalue weighted by atomic mass is 16.4. The summed E-state index contributed by atoms with van der Waals surface area (Å²) < 4.78 is 0. The summed E-state index contributed by atoms with van der Waals surface area (Å²) in [6.07, 6.45) is 3.48. The molecule has 7 heteroatoms. The van der Waals surface area contributed by atoms with Crippen LogP contribution in [0, 0.1) is 6.92 Å². The summed E-state index contributed by atoms with van der Waals surface area (Å²) in [6.45, 7) is 2.04. The molecule has 0 unspecified atom stereocenters. The molecule has 2 heterocycles. The third-order valence-electron chi connectivity index (χ3n) is 4.28. The van der Waals surface area contributed by atoms with Crippen molar-refractivity contribution in [1.29, 1.82) is 0 Å². The maximum atomic E-state index is 11.0. The Hall–Kier alpha value is -4.00. The maximum absolute atomic E-state index is 11.0. The number of aromatic amines is 1. The number of aromatic nitrogens is 4. The van der Waals surface area contributed by atoms with Gasteiger partial charge in [-0.15, -0.1) is 0 Å². The molecule has 0 atom stereocenters. The van der Waals surface area contributed by atoms with E-state index >= 15 is 0 Å². The molecule has 0 aliphatic rings. The Bertz CT molecular complexity index is 1120. The van der Waals surface area contributed by atoms with E-state index in [-0.39, 0.29) is 5.56 Å². The van der Waals surface area contributed by atoms with Gasteiger partial charge in [-0.1, -0.05) is 29.8 Å². The number of nitrogens with zero attached hydrogens (tertiary/aromatic N) is 3. The number of hydrogen-bond donors (Lipinski definition) is 3. The van der Waals surface area contributed by atoms with E-state index < -0.39 is 5.97 Å². The summed E-state index contributed by atoms with van der Waals surface area (Å²) in [5.74, 6) is -0.551. The summed E-state index contributed by atoms with van der Waals surface area (Å²) in [4.78, 5) is 19.8. The fraction of sp³-hybridized carbons (Fsp3) is 0.0476. The van der Waals surface area contributed by atoms with E-state index in [1.165, 1.54) is 17.7 Å². The van der Waals surface area contributed by atoms with Crippen LogP contribution in [0.15, 0.2) is 67.0 Å². The van der Waals surface area contributed by atoms with E-state index in [1.807, 2.05) is 43.5 Å². The molecule has 4 aromatic rings. The monoisotopic (exact) mass is 371 g/mol. The lowest BCUT2D eigenvalue weighted by Crippen LogP contribution is -1.99. The fourth-order valence-electron chi connectivity index (χ4n) is 2.81. The van der Waals surface area contributed by atoms with Crippen molar-refractivity contribution in [1.82, 2.24) is 20.2 Å². The quantitative estimate of drug-likeness (QED) is 0.484. The van der Waals surface area contributed by atoms with Gasteiger partial charge in [-0.25, -0.2) is 14.8 Å². The SMILES string of the molecule is Cc1ccc(-c2n[nH]cc2-c2ccnc(Nc3ccc(C(=O)O)cc3)n2)cc1. The third kappa shape index (κ3) is 3.59. The molecule has 7 nitrogen and oxygen atoms in total. The normalized spacial score (nSPS) is 10.6. The summed E-state index contributed by atoms with van der Waals surface area (Å²) in [6, 6.07) is 16.4. The van der Waals surface area contributed by atoms with Crippen molar-refractivity contribution in [3.8, 4) is 22.5 Å². The molecule has 0 spiro atoms. The largest absolute Gasteiger partial charge is 0.478 e. The Morgan fingerprint density at radius 3 is 2.50 bits per heavy atom. The van der Waals surface area contributed by atoms with Crippen LogP contribution in [0.5, 0.6) is 0 Å². The average Bonchev–Trinajstić information content (AvgIpc) is 3.19. The first-order chi connectivity index (χ1) is 13.6. The van der Waals surface area contributed by atoms with E-state index in [4.69, 9.17) is 5.11 Å². The summed E-state index contributed by atoms with van der Waals surface area (Å²) in [5, 5.41) is 19.4. The van der Waals surface area contributed by atoms with Crippen LogP contribution in [-0.2, 0) is 0 Å². The topological polar surface area (TPSA) is 104 Å². The Labute approximate surface area is 161 Å². The second-order valence-electron chi connectivity index (χ2n) is 6.29. The molecule has 0 amide bonds. The van der Waals surface area contributed by atoms with Crippen LogP contribution in [0.2, 0.25) is 0 Å². The van der Waals surface area contributed by atoms with Gasteiger partial charge in [-0.05, 0) is 37.3 Å². The van der Waals surface area contributed by atoms with E-state index in [0.717, 1.165) is 22.5 Å². The van der Waals surface area contributed by atoms with Gasteiger partial charge in [0.1, 0.15) is 5.69 Å². The summed E-state index contributed by atoms with van der Waals surface area (Å²) in [5.41, 5.74) is 5.52. The smallest absolute Gasteiger partial charge is 0.335 e. The summed E-state index contributed by atoms with van der Waals surface area (Å²) in [7, 11) is 0. The highest BCUT2D eigenvalue weighted by Gasteiger charge is 2.13. The molecule has 4 rings (SSSR count). The first-order valence-electron chi connectivity index (χ1n) is 8.65. The average molecular weight is 371 g/mol. The molecule has 0 saturated heterocycles. The first-order valence-corrected chi connectivity index (χ1v) is 8.65. The number of anilines is 2. The molecule has 0 aliphatic heterocycles. The van der Waals surface area contributed by atoms with E-state index in [2.05, 4.69) is 25.5 Å². The number of hydrogen-bond acceptors (Lipinski definition) is 5. The van der Waals surface area contributed by atoms with Crippen LogP contribution in [0.25, 0.3) is 22.5 Å². The lowest BCUT2D eigenvalue weighted by atomic mass is 10.0. The number of nitrogens with one attached hydrogen (secondary N) is 2. The molecule has 0 bridgehead atoms. The van der Waals surface area contributed by atoms with Gasteiger partial charge < -0.3 is 10.4 Å². The van der Waals surface area contributed by atoms with Crippen LogP contribution in [-0.4, -0.2) is 31.2 Å². The zero-order chi connectivity index (χ0) is 19.5. The molecule has 0 saturated carbocycles. The predicted octanol–water partition coefficient (Wildman–Crippen LogP) is 4.28. The molecule has 2 aromatic carbocycles. The highest BCUT2D eigenvalue weighted by molar-refractivity contribution is 5.88. The van der Waals surface area contributed by atoms with Crippen molar-refractivity contribution in [3.63, 3.8) is 0 Å². The minimum atomic E-state index is -0.964. The van der Waals surface area contributed by atoms with E-state index in [1.54, 1.807) is 18.3 Å². The van der Waals surface area contributed by atoms with Gasteiger partial charge in [0.2, 0.25) is 5.95 Å². The van der Waals surface area contributed by atoms with Gasteiger partial charge in [0.15, 0.2) is 0 Å². The number of carbonyl (C=O) groups is 1. The van der Waals surface area contributed by atoms with Gasteiger partial charge in [-0.2, -0.15) is 5.10 Å². The molecule has 3 N–H and O–H groups in total. The molecule has 0 aliphatic carbocycles. The predicted molar refractivity (Wildman–Crippen MR) is 106 cm³/mol. The second kappa shape index (κ2) is 7.32. The molecule has 0 fully saturated rings. The second-order valence-corrected chi connectivity index (χ2v) is 6.29. The minimum Gasteiger partial charge on any atom is -0.478 e. The Kier molecular flexibility index (Phi) is 4.55. The Balaban J connectivity index is 1.62. The number of aromatic carboxylic acids is 1. The number of H-pyrrole nitrogens is 1. The highest BCUT2D eigenvalue weighted by Crippen LogP contribution is 2.29. The van der Waals surface area contributed by atoms with E-state index in [0.29, 0.717) is 11.6 Å². The van der Waals surface area contributed by atoms with Crippen molar-refractivity contribution in [2.45, 2.75) is 6.92 Å². The van der Waals surface area contributed by atoms with Crippen LogP contribution in [0.3, 0.4) is 0 Å². The van der Waals surface area contributed by atoms with Gasteiger partial charge in [0.25, 0.3) is 0 Å². The lowest BCUT2D eigenvalue weighted by Gasteiger charge is -2.07. The number of aryl methyl sites for hydroxylation is 1. The van der Waals surface area contributed by atoms with E-state index in [9.17, 15) is 4.79 Å². The Morgan fingerprint density at radius 1 is 1.04 bits per heavy atom.